The average Bonchev–Trinajstić information content (AvgIpc) is 2.93. The Bertz CT molecular complexity index is 886. The second-order valence-electron chi connectivity index (χ2n) is 4.11. The Kier molecular flexibility index (Phi) is 3.43. The second kappa shape index (κ2) is 5.26. The summed E-state index contributed by atoms with van der Waals surface area (Å²) < 4.78 is 1.45. The predicted molar refractivity (Wildman–Crippen MR) is 79.9 cm³/mol. The Hall–Kier alpha value is -2.26. The maximum Gasteiger partial charge on any atom is 0.287 e. The van der Waals surface area contributed by atoms with E-state index >= 15 is 0 Å². The van der Waals surface area contributed by atoms with Gasteiger partial charge in [-0.2, -0.15) is 0 Å². The highest BCUT2D eigenvalue weighted by molar-refractivity contribution is 7.99. The van der Waals surface area contributed by atoms with Crippen molar-refractivity contribution in [3.05, 3.63) is 50.2 Å². The summed E-state index contributed by atoms with van der Waals surface area (Å²) in [7, 11) is 1.64. The van der Waals surface area contributed by atoms with E-state index in [1.54, 1.807) is 13.1 Å². The van der Waals surface area contributed by atoms with Crippen LogP contribution in [0.15, 0.2) is 44.8 Å². The number of hydrogen-bond acceptors (Lipinski definition) is 7. The zero-order chi connectivity index (χ0) is 15.0. The van der Waals surface area contributed by atoms with Crippen molar-refractivity contribution >= 4 is 39.0 Å². The van der Waals surface area contributed by atoms with Crippen LogP contribution in [-0.4, -0.2) is 19.5 Å². The number of fused-ring (bicyclic) bond motifs is 1. The van der Waals surface area contributed by atoms with Crippen LogP contribution < -0.4 is 5.56 Å². The lowest BCUT2D eigenvalue weighted by Crippen LogP contribution is -2.19. The second-order valence-corrected chi connectivity index (χ2v) is 5.99. The van der Waals surface area contributed by atoms with Gasteiger partial charge in [0.1, 0.15) is 16.1 Å². The quantitative estimate of drug-likeness (QED) is 0.418. The number of pyridine rings is 1. The first-order valence-electron chi connectivity index (χ1n) is 5.79. The van der Waals surface area contributed by atoms with Crippen LogP contribution in [0.3, 0.4) is 0 Å². The molecule has 0 N–H and O–H groups in total. The summed E-state index contributed by atoms with van der Waals surface area (Å²) in [5.41, 5.74) is -0.194. The molecule has 0 aliphatic rings. The third-order valence-electron chi connectivity index (χ3n) is 2.79. The molecule has 9 heteroatoms. The molecule has 0 radical (unpaired) electrons. The Labute approximate surface area is 126 Å². The van der Waals surface area contributed by atoms with Crippen molar-refractivity contribution in [2.24, 2.45) is 7.05 Å². The summed E-state index contributed by atoms with van der Waals surface area (Å²) in [6, 6.07) is 4.65. The van der Waals surface area contributed by atoms with E-state index in [9.17, 15) is 14.9 Å². The molecular formula is C12H8N4O3S2. The Morgan fingerprint density at radius 2 is 2.19 bits per heavy atom. The fourth-order valence-corrected chi connectivity index (χ4v) is 3.30. The zero-order valence-corrected chi connectivity index (χ0v) is 12.3. The first kappa shape index (κ1) is 13.7. The van der Waals surface area contributed by atoms with Gasteiger partial charge in [-0.3, -0.25) is 19.5 Å². The first-order chi connectivity index (χ1) is 10.1. The fourth-order valence-electron chi connectivity index (χ4n) is 1.71. The molecule has 3 aromatic heterocycles. The van der Waals surface area contributed by atoms with Gasteiger partial charge in [0.15, 0.2) is 5.16 Å². The van der Waals surface area contributed by atoms with Gasteiger partial charge in [-0.1, -0.05) is 0 Å². The van der Waals surface area contributed by atoms with Crippen molar-refractivity contribution in [2.45, 2.75) is 10.2 Å². The van der Waals surface area contributed by atoms with E-state index in [1.807, 2.05) is 5.38 Å². The van der Waals surface area contributed by atoms with E-state index in [0.717, 1.165) is 0 Å². The van der Waals surface area contributed by atoms with Gasteiger partial charge in [0.25, 0.3) is 11.2 Å². The monoisotopic (exact) mass is 320 g/mol. The lowest BCUT2D eigenvalue weighted by atomic mass is 10.4. The van der Waals surface area contributed by atoms with E-state index < -0.39 is 4.92 Å². The maximum absolute atomic E-state index is 12.2. The van der Waals surface area contributed by atoms with Gasteiger partial charge in [0.05, 0.1) is 10.3 Å². The Balaban J connectivity index is 1.99. The smallest absolute Gasteiger partial charge is 0.287 e. The third-order valence-corrected chi connectivity index (χ3v) is 4.60. The van der Waals surface area contributed by atoms with Crippen LogP contribution in [0.4, 0.5) is 5.69 Å². The van der Waals surface area contributed by atoms with Gasteiger partial charge in [-0.05, 0) is 29.3 Å². The number of aromatic nitrogens is 3. The minimum absolute atomic E-state index is 0.0742. The summed E-state index contributed by atoms with van der Waals surface area (Å²) in [4.78, 5) is 31.3. The largest absolute Gasteiger partial charge is 0.290 e. The molecular weight excluding hydrogens is 312 g/mol. The molecule has 3 heterocycles. The molecule has 0 atom stereocenters. The third kappa shape index (κ3) is 2.52. The van der Waals surface area contributed by atoms with Gasteiger partial charge in [0, 0.05) is 13.1 Å². The molecule has 0 fully saturated rings. The van der Waals surface area contributed by atoms with Crippen molar-refractivity contribution in [2.75, 3.05) is 0 Å². The van der Waals surface area contributed by atoms with E-state index in [-0.39, 0.29) is 11.2 Å². The van der Waals surface area contributed by atoms with E-state index in [2.05, 4.69) is 9.97 Å². The van der Waals surface area contributed by atoms with Gasteiger partial charge in [-0.25, -0.2) is 9.97 Å². The minimum atomic E-state index is -0.507. The van der Waals surface area contributed by atoms with Crippen LogP contribution in [0.2, 0.25) is 0 Å². The standard InChI is InChI=1S/C12H8N4O3S2/c1-15-11(17)8-4-5-20-10(8)14-12(15)21-9-3-2-7(6-13-9)16(18)19/h2-6H,1H3. The maximum atomic E-state index is 12.2. The number of nitro groups is 1. The molecule has 0 spiro atoms. The van der Waals surface area contributed by atoms with Crippen LogP contribution in [-0.2, 0) is 7.05 Å². The van der Waals surface area contributed by atoms with E-state index in [4.69, 9.17) is 0 Å². The molecule has 7 nitrogen and oxygen atoms in total. The molecule has 106 valence electrons. The number of rotatable bonds is 3. The molecule has 0 aromatic carbocycles. The molecule has 0 aliphatic heterocycles. The normalized spacial score (nSPS) is 10.9. The fraction of sp³-hybridized carbons (Fsp3) is 0.0833. The number of thiophene rings is 1. The SMILES string of the molecule is Cn1c(Sc2ccc([N+](=O)[O-])cn2)nc2sccc2c1=O. The van der Waals surface area contributed by atoms with Gasteiger partial charge < -0.3 is 0 Å². The molecule has 0 aliphatic carbocycles. The van der Waals surface area contributed by atoms with E-state index in [0.29, 0.717) is 20.4 Å². The van der Waals surface area contributed by atoms with Crippen LogP contribution >= 0.6 is 23.1 Å². The van der Waals surface area contributed by atoms with Gasteiger partial charge in [0.2, 0.25) is 0 Å². The molecule has 21 heavy (non-hydrogen) atoms. The van der Waals surface area contributed by atoms with Crippen molar-refractivity contribution in [1.82, 2.24) is 14.5 Å². The number of hydrogen-bond donors (Lipinski definition) is 0. The van der Waals surface area contributed by atoms with Crippen LogP contribution in [0.1, 0.15) is 0 Å². The summed E-state index contributed by atoms with van der Waals surface area (Å²) in [6.07, 6.45) is 1.18. The lowest BCUT2D eigenvalue weighted by molar-refractivity contribution is -0.385. The first-order valence-corrected chi connectivity index (χ1v) is 7.48. The highest BCUT2D eigenvalue weighted by atomic mass is 32.2. The van der Waals surface area contributed by atoms with Crippen molar-refractivity contribution in [3.8, 4) is 0 Å². The topological polar surface area (TPSA) is 90.9 Å². The molecule has 3 aromatic rings. The molecule has 0 saturated heterocycles. The van der Waals surface area contributed by atoms with Crippen molar-refractivity contribution < 1.29 is 4.92 Å². The Morgan fingerprint density at radius 3 is 2.86 bits per heavy atom. The molecule has 3 rings (SSSR count). The molecule has 0 bridgehead atoms. The minimum Gasteiger partial charge on any atom is -0.290 e. The predicted octanol–water partition coefficient (Wildman–Crippen LogP) is 2.45. The van der Waals surface area contributed by atoms with Crippen LogP contribution in [0, 0.1) is 10.1 Å². The summed E-state index contributed by atoms with van der Waals surface area (Å²) in [5.74, 6) is 0. The highest BCUT2D eigenvalue weighted by Crippen LogP contribution is 2.26. The van der Waals surface area contributed by atoms with Gasteiger partial charge >= 0.3 is 0 Å². The highest BCUT2D eigenvalue weighted by Gasteiger charge is 2.12. The number of nitrogens with zero attached hydrogens (tertiary/aromatic N) is 4. The molecule has 0 saturated carbocycles. The van der Waals surface area contributed by atoms with Gasteiger partial charge in [-0.15, -0.1) is 11.3 Å². The average molecular weight is 320 g/mol. The zero-order valence-electron chi connectivity index (χ0n) is 10.7. The summed E-state index contributed by atoms with van der Waals surface area (Å²) >= 11 is 2.59. The van der Waals surface area contributed by atoms with Crippen LogP contribution in [0.25, 0.3) is 10.2 Å². The summed E-state index contributed by atoms with van der Waals surface area (Å²) in [5, 5.41) is 14.0. The van der Waals surface area contributed by atoms with Crippen molar-refractivity contribution in [3.63, 3.8) is 0 Å². The van der Waals surface area contributed by atoms with Crippen molar-refractivity contribution in [1.29, 1.82) is 0 Å². The Morgan fingerprint density at radius 1 is 1.38 bits per heavy atom. The van der Waals surface area contributed by atoms with E-state index in [1.165, 1.54) is 46.0 Å². The van der Waals surface area contributed by atoms with Crippen LogP contribution in [0.5, 0.6) is 0 Å². The molecule has 0 unspecified atom stereocenters. The lowest BCUT2D eigenvalue weighted by Gasteiger charge is -2.06. The summed E-state index contributed by atoms with van der Waals surface area (Å²) in [6.45, 7) is 0. The molecule has 0 amide bonds.